The van der Waals surface area contributed by atoms with Crippen LogP contribution in [0.3, 0.4) is 0 Å². The first-order valence-electron chi connectivity index (χ1n) is 9.27. The van der Waals surface area contributed by atoms with Crippen molar-refractivity contribution in [3.8, 4) is 0 Å². The van der Waals surface area contributed by atoms with Crippen LogP contribution in [0, 0.1) is 0 Å². The van der Waals surface area contributed by atoms with Gasteiger partial charge in [0.05, 0.1) is 6.61 Å². The second kappa shape index (κ2) is 9.70. The molecule has 0 aliphatic carbocycles. The number of carbonyl (C=O) groups excluding carboxylic acids is 1. The number of hydrogen-bond donors (Lipinski definition) is 1. The highest BCUT2D eigenvalue weighted by atomic mass is 16.5. The molecule has 27 heavy (non-hydrogen) atoms. The Morgan fingerprint density at radius 1 is 0.815 bits per heavy atom. The molecule has 1 atom stereocenters. The van der Waals surface area contributed by atoms with Crippen LogP contribution in [0.25, 0.3) is 0 Å². The van der Waals surface area contributed by atoms with Crippen LogP contribution >= 0.6 is 0 Å². The fraction of sp³-hybridized carbons (Fsp3) is 0.208. The average molecular weight is 359 g/mol. The summed E-state index contributed by atoms with van der Waals surface area (Å²) >= 11 is 0. The van der Waals surface area contributed by atoms with Gasteiger partial charge in [-0.1, -0.05) is 91.0 Å². The number of benzene rings is 3. The molecule has 3 rings (SSSR count). The quantitative estimate of drug-likeness (QED) is 0.641. The minimum Gasteiger partial charge on any atom is -0.364 e. The number of amides is 1. The summed E-state index contributed by atoms with van der Waals surface area (Å²) in [4.78, 5) is 12.5. The molecule has 0 saturated heterocycles. The van der Waals surface area contributed by atoms with Gasteiger partial charge in [0.15, 0.2) is 0 Å². The molecule has 0 aliphatic rings. The van der Waals surface area contributed by atoms with Crippen molar-refractivity contribution in [2.45, 2.75) is 25.6 Å². The highest BCUT2D eigenvalue weighted by Gasteiger charge is 2.18. The van der Waals surface area contributed by atoms with Gasteiger partial charge in [-0.25, -0.2) is 0 Å². The summed E-state index contributed by atoms with van der Waals surface area (Å²) < 4.78 is 5.72. The topological polar surface area (TPSA) is 38.3 Å². The van der Waals surface area contributed by atoms with Crippen molar-refractivity contribution in [2.75, 3.05) is 6.54 Å². The smallest absolute Gasteiger partial charge is 0.248 e. The van der Waals surface area contributed by atoms with Crippen LogP contribution in [0.2, 0.25) is 0 Å². The summed E-state index contributed by atoms with van der Waals surface area (Å²) in [6.45, 7) is 2.75. The average Bonchev–Trinajstić information content (AvgIpc) is 2.74. The van der Waals surface area contributed by atoms with Crippen LogP contribution in [0.5, 0.6) is 0 Å². The van der Waals surface area contributed by atoms with Gasteiger partial charge in [0.2, 0.25) is 5.91 Å². The van der Waals surface area contributed by atoms with E-state index in [4.69, 9.17) is 4.74 Å². The lowest BCUT2D eigenvalue weighted by Gasteiger charge is -2.20. The zero-order valence-corrected chi connectivity index (χ0v) is 15.5. The Labute approximate surface area is 161 Å². The molecule has 1 amide bonds. The van der Waals surface area contributed by atoms with E-state index in [0.29, 0.717) is 13.2 Å². The second-order valence-electron chi connectivity index (χ2n) is 6.56. The van der Waals surface area contributed by atoms with Gasteiger partial charge in [0, 0.05) is 12.5 Å². The molecule has 0 fully saturated rings. The van der Waals surface area contributed by atoms with Crippen molar-refractivity contribution in [1.29, 1.82) is 0 Å². The largest absolute Gasteiger partial charge is 0.364 e. The van der Waals surface area contributed by atoms with E-state index in [9.17, 15) is 4.79 Å². The molecule has 3 aromatic rings. The number of nitrogens with one attached hydrogen (secondary N) is 1. The van der Waals surface area contributed by atoms with Gasteiger partial charge in [0.25, 0.3) is 0 Å². The number of rotatable bonds is 8. The minimum absolute atomic E-state index is 0.0946. The van der Waals surface area contributed by atoms with Crippen molar-refractivity contribution in [3.05, 3.63) is 108 Å². The molecule has 0 heterocycles. The van der Waals surface area contributed by atoms with Crippen molar-refractivity contribution in [2.24, 2.45) is 0 Å². The molecule has 3 aromatic carbocycles. The minimum atomic E-state index is -0.502. The van der Waals surface area contributed by atoms with Gasteiger partial charge in [-0.2, -0.15) is 0 Å². The SMILES string of the molecule is CC(OCc1ccccc1)C(=O)NCC(c1ccccc1)c1ccccc1. The maximum Gasteiger partial charge on any atom is 0.248 e. The maximum absolute atomic E-state index is 12.5. The summed E-state index contributed by atoms with van der Waals surface area (Å²) in [6, 6.07) is 30.4. The number of carbonyl (C=O) groups is 1. The predicted molar refractivity (Wildman–Crippen MR) is 108 cm³/mol. The Balaban J connectivity index is 1.60. The van der Waals surface area contributed by atoms with E-state index in [0.717, 1.165) is 5.56 Å². The van der Waals surface area contributed by atoms with Crippen LogP contribution in [-0.4, -0.2) is 18.6 Å². The van der Waals surface area contributed by atoms with Crippen molar-refractivity contribution in [1.82, 2.24) is 5.32 Å². The van der Waals surface area contributed by atoms with E-state index in [-0.39, 0.29) is 11.8 Å². The Bertz CT molecular complexity index is 779. The van der Waals surface area contributed by atoms with Gasteiger partial charge in [-0.15, -0.1) is 0 Å². The molecule has 1 unspecified atom stereocenters. The lowest BCUT2D eigenvalue weighted by atomic mass is 9.91. The lowest BCUT2D eigenvalue weighted by Crippen LogP contribution is -2.37. The first-order valence-corrected chi connectivity index (χ1v) is 9.27. The molecule has 0 aliphatic heterocycles. The third-order valence-electron chi connectivity index (χ3n) is 4.60. The van der Waals surface area contributed by atoms with Crippen LogP contribution in [0.1, 0.15) is 29.5 Å². The van der Waals surface area contributed by atoms with E-state index in [2.05, 4.69) is 29.6 Å². The van der Waals surface area contributed by atoms with Gasteiger partial charge in [-0.3, -0.25) is 4.79 Å². The van der Waals surface area contributed by atoms with Gasteiger partial charge < -0.3 is 10.1 Å². The highest BCUT2D eigenvalue weighted by Crippen LogP contribution is 2.23. The lowest BCUT2D eigenvalue weighted by molar-refractivity contribution is -0.132. The van der Waals surface area contributed by atoms with Gasteiger partial charge in [0.1, 0.15) is 6.10 Å². The Morgan fingerprint density at radius 2 is 1.30 bits per heavy atom. The zero-order chi connectivity index (χ0) is 18.9. The van der Waals surface area contributed by atoms with Crippen LogP contribution in [-0.2, 0) is 16.1 Å². The summed E-state index contributed by atoms with van der Waals surface area (Å²) in [6.07, 6.45) is -0.502. The molecule has 0 aromatic heterocycles. The molecular weight excluding hydrogens is 334 g/mol. The Morgan fingerprint density at radius 3 is 1.81 bits per heavy atom. The van der Waals surface area contributed by atoms with Crippen LogP contribution < -0.4 is 5.32 Å². The summed E-state index contributed by atoms with van der Waals surface area (Å²) in [7, 11) is 0. The normalized spacial score (nSPS) is 11.9. The molecule has 138 valence electrons. The predicted octanol–water partition coefficient (Wildman–Crippen LogP) is 4.54. The fourth-order valence-corrected chi connectivity index (χ4v) is 3.02. The van der Waals surface area contributed by atoms with Crippen LogP contribution in [0.4, 0.5) is 0 Å². The molecule has 1 N–H and O–H groups in total. The molecule has 0 bridgehead atoms. The van der Waals surface area contributed by atoms with E-state index >= 15 is 0 Å². The standard InChI is InChI=1S/C24H25NO2/c1-19(27-18-20-11-5-2-6-12-20)24(26)25-17-23(21-13-7-3-8-14-21)22-15-9-4-10-16-22/h2-16,19,23H,17-18H2,1H3,(H,25,26). The number of ether oxygens (including phenoxy) is 1. The molecule has 3 heteroatoms. The van der Waals surface area contributed by atoms with Gasteiger partial charge in [-0.05, 0) is 23.6 Å². The summed E-state index contributed by atoms with van der Waals surface area (Å²) in [5.74, 6) is 0.0143. The molecule has 0 saturated carbocycles. The Hall–Kier alpha value is -2.91. The maximum atomic E-state index is 12.5. The first-order chi connectivity index (χ1) is 13.2. The highest BCUT2D eigenvalue weighted by molar-refractivity contribution is 5.80. The van der Waals surface area contributed by atoms with E-state index in [1.165, 1.54) is 11.1 Å². The monoisotopic (exact) mass is 359 g/mol. The van der Waals surface area contributed by atoms with E-state index in [1.807, 2.05) is 66.7 Å². The molecule has 3 nitrogen and oxygen atoms in total. The van der Waals surface area contributed by atoms with Crippen molar-refractivity contribution >= 4 is 5.91 Å². The fourth-order valence-electron chi connectivity index (χ4n) is 3.02. The summed E-state index contributed by atoms with van der Waals surface area (Å²) in [5, 5.41) is 3.05. The molecular formula is C24H25NO2. The number of hydrogen-bond acceptors (Lipinski definition) is 2. The molecule has 0 radical (unpaired) electrons. The van der Waals surface area contributed by atoms with Gasteiger partial charge >= 0.3 is 0 Å². The van der Waals surface area contributed by atoms with Crippen molar-refractivity contribution < 1.29 is 9.53 Å². The third-order valence-corrected chi connectivity index (χ3v) is 4.60. The summed E-state index contributed by atoms with van der Waals surface area (Å²) in [5.41, 5.74) is 3.42. The second-order valence-corrected chi connectivity index (χ2v) is 6.56. The molecule has 0 spiro atoms. The third kappa shape index (κ3) is 5.53. The van der Waals surface area contributed by atoms with Crippen molar-refractivity contribution in [3.63, 3.8) is 0 Å². The van der Waals surface area contributed by atoms with E-state index in [1.54, 1.807) is 6.92 Å². The zero-order valence-electron chi connectivity index (χ0n) is 15.5. The van der Waals surface area contributed by atoms with Crippen LogP contribution in [0.15, 0.2) is 91.0 Å². The van der Waals surface area contributed by atoms with E-state index < -0.39 is 6.10 Å². The first kappa shape index (κ1) is 18.9. The Kier molecular flexibility index (Phi) is 6.78.